The van der Waals surface area contributed by atoms with E-state index in [9.17, 15) is 18.3 Å². The number of nitrogens with one attached hydrogen (secondary N) is 1. The minimum Gasteiger partial charge on any atom is -0.480 e. The normalized spacial score (nSPS) is 34.9. The van der Waals surface area contributed by atoms with Gasteiger partial charge in [0.25, 0.3) is 10.2 Å². The predicted octanol–water partition coefficient (Wildman–Crippen LogP) is -1.17. The molecule has 1 saturated heterocycles. The first kappa shape index (κ1) is 20.6. The second kappa shape index (κ2) is 6.78. The van der Waals surface area contributed by atoms with Gasteiger partial charge in [-0.1, -0.05) is 27.2 Å². The zero-order valence-electron chi connectivity index (χ0n) is 14.8. The van der Waals surface area contributed by atoms with Gasteiger partial charge >= 0.3 is 13.1 Å². The molecule has 2 fully saturated rings. The van der Waals surface area contributed by atoms with Crippen molar-refractivity contribution in [2.75, 3.05) is 13.1 Å². The molecule has 4 atom stereocenters. The summed E-state index contributed by atoms with van der Waals surface area (Å²) >= 11 is 0. The van der Waals surface area contributed by atoms with Gasteiger partial charge in [-0.15, -0.1) is 0 Å². The quantitative estimate of drug-likeness (QED) is 0.334. The molecular formula is C14H28BN3O6S. The molecule has 0 radical (unpaired) electrons. The van der Waals surface area contributed by atoms with Crippen LogP contribution in [0.25, 0.3) is 0 Å². The Morgan fingerprint density at radius 1 is 1.40 bits per heavy atom. The highest BCUT2D eigenvalue weighted by molar-refractivity contribution is 7.87. The van der Waals surface area contributed by atoms with Crippen LogP contribution < -0.4 is 10.5 Å². The highest BCUT2D eigenvalue weighted by Gasteiger charge is 2.58. The number of aliphatic carboxylic acids is 1. The number of hydrogen-bond donors (Lipinski definition) is 5. The average Bonchev–Trinajstić information content (AvgIpc) is 2.82. The van der Waals surface area contributed by atoms with Crippen LogP contribution in [0.5, 0.6) is 0 Å². The lowest BCUT2D eigenvalue weighted by atomic mass is 9.78. The fraction of sp³-hybridized carbons (Fsp3) is 0.929. The van der Waals surface area contributed by atoms with Crippen molar-refractivity contribution >= 4 is 23.3 Å². The van der Waals surface area contributed by atoms with Gasteiger partial charge in [-0.3, -0.25) is 4.79 Å². The molecule has 2 unspecified atom stereocenters. The molecule has 1 aliphatic heterocycles. The maximum absolute atomic E-state index is 12.6. The lowest BCUT2D eigenvalue weighted by Crippen LogP contribution is -2.55. The summed E-state index contributed by atoms with van der Waals surface area (Å²) in [5, 5.41) is 27.3. The van der Waals surface area contributed by atoms with Crippen molar-refractivity contribution < 1.29 is 28.4 Å². The number of hydrogen-bond acceptors (Lipinski definition) is 6. The number of carboxylic acid groups (broad SMARTS) is 1. The zero-order valence-corrected chi connectivity index (χ0v) is 15.7. The van der Waals surface area contributed by atoms with Crippen LogP contribution in [0.3, 0.4) is 0 Å². The Balaban J connectivity index is 2.08. The standard InChI is InChI=1S/C14H28BN3O6S/c1-9-11(13(9,2)3)17-25(23,24)18-7-10(5-4-6-15(21)22)14(16,8-18)12(19)20/h9-11,17,21-22H,4-8,16H2,1-3H3,(H,19,20)/t9?,10-,11?,14-/m0/s1. The molecule has 11 heteroatoms. The third kappa shape index (κ3) is 4.01. The molecule has 1 aliphatic carbocycles. The maximum atomic E-state index is 12.6. The Morgan fingerprint density at radius 3 is 2.40 bits per heavy atom. The van der Waals surface area contributed by atoms with Gasteiger partial charge < -0.3 is 20.9 Å². The topological polar surface area (TPSA) is 153 Å². The second-order valence-corrected chi connectivity index (χ2v) is 9.66. The minimum atomic E-state index is -3.84. The van der Waals surface area contributed by atoms with Gasteiger partial charge in [-0.05, 0) is 24.1 Å². The average molecular weight is 377 g/mol. The molecule has 2 aliphatic rings. The van der Waals surface area contributed by atoms with Crippen LogP contribution in [0.15, 0.2) is 0 Å². The van der Waals surface area contributed by atoms with Crippen molar-refractivity contribution in [3.63, 3.8) is 0 Å². The molecule has 0 amide bonds. The number of nitrogens with zero attached hydrogens (tertiary/aromatic N) is 1. The van der Waals surface area contributed by atoms with E-state index in [0.717, 1.165) is 4.31 Å². The molecule has 0 aromatic heterocycles. The van der Waals surface area contributed by atoms with Crippen LogP contribution in [-0.2, 0) is 15.0 Å². The van der Waals surface area contributed by atoms with Gasteiger partial charge in [0.2, 0.25) is 0 Å². The first-order chi connectivity index (χ1) is 11.3. The van der Waals surface area contributed by atoms with E-state index in [2.05, 4.69) is 4.72 Å². The van der Waals surface area contributed by atoms with Gasteiger partial charge in [-0.25, -0.2) is 0 Å². The summed E-state index contributed by atoms with van der Waals surface area (Å²) in [6.07, 6.45) is 0.741. The largest absolute Gasteiger partial charge is 0.480 e. The van der Waals surface area contributed by atoms with E-state index in [0.29, 0.717) is 12.8 Å². The lowest BCUT2D eigenvalue weighted by Gasteiger charge is -2.25. The Labute approximate surface area is 148 Å². The summed E-state index contributed by atoms with van der Waals surface area (Å²) in [6.45, 7) is 5.61. The van der Waals surface area contributed by atoms with Crippen LogP contribution in [0.4, 0.5) is 0 Å². The zero-order chi connectivity index (χ0) is 19.2. The van der Waals surface area contributed by atoms with E-state index in [1.165, 1.54) is 0 Å². The van der Waals surface area contributed by atoms with Gasteiger partial charge in [-0.2, -0.15) is 17.4 Å². The molecule has 144 valence electrons. The van der Waals surface area contributed by atoms with E-state index in [-0.39, 0.29) is 36.8 Å². The highest BCUT2D eigenvalue weighted by Crippen LogP contribution is 2.51. The monoisotopic (exact) mass is 377 g/mol. The third-order valence-corrected chi connectivity index (χ3v) is 7.50. The first-order valence-electron chi connectivity index (χ1n) is 8.48. The van der Waals surface area contributed by atoms with Crippen LogP contribution >= 0.6 is 0 Å². The van der Waals surface area contributed by atoms with Crippen LogP contribution in [0.1, 0.15) is 33.6 Å². The van der Waals surface area contributed by atoms with E-state index in [4.69, 9.17) is 15.8 Å². The molecule has 6 N–H and O–H groups in total. The Morgan fingerprint density at radius 2 is 1.96 bits per heavy atom. The molecule has 0 aromatic rings. The molecule has 0 spiro atoms. The van der Waals surface area contributed by atoms with Gasteiger partial charge in [0.05, 0.1) is 0 Å². The minimum absolute atomic E-state index is 0.00118. The Bertz CT molecular complexity index is 628. The van der Waals surface area contributed by atoms with Crippen molar-refractivity contribution in [2.24, 2.45) is 23.0 Å². The molecular weight excluding hydrogens is 349 g/mol. The fourth-order valence-electron chi connectivity index (χ4n) is 3.60. The van der Waals surface area contributed by atoms with Gasteiger partial charge in [0.15, 0.2) is 0 Å². The van der Waals surface area contributed by atoms with E-state index in [1.54, 1.807) is 0 Å². The Kier molecular flexibility index (Phi) is 5.59. The Hall–Kier alpha value is -0.715. The van der Waals surface area contributed by atoms with E-state index in [1.807, 2.05) is 20.8 Å². The molecule has 0 bridgehead atoms. The molecule has 9 nitrogen and oxygen atoms in total. The second-order valence-electron chi connectivity index (χ2n) is 7.96. The molecule has 1 saturated carbocycles. The van der Waals surface area contributed by atoms with Crippen LogP contribution in [0, 0.1) is 17.3 Å². The number of nitrogens with two attached hydrogens (primary N) is 1. The van der Waals surface area contributed by atoms with Crippen molar-refractivity contribution in [1.82, 2.24) is 9.03 Å². The van der Waals surface area contributed by atoms with Crippen molar-refractivity contribution in [1.29, 1.82) is 0 Å². The smallest absolute Gasteiger partial charge is 0.451 e. The summed E-state index contributed by atoms with van der Waals surface area (Å²) in [7, 11) is -5.31. The summed E-state index contributed by atoms with van der Waals surface area (Å²) in [6, 6.07) is -0.182. The van der Waals surface area contributed by atoms with Crippen molar-refractivity contribution in [2.45, 2.75) is 51.5 Å². The number of carbonyl (C=O) groups is 1. The predicted molar refractivity (Wildman–Crippen MR) is 92.6 cm³/mol. The van der Waals surface area contributed by atoms with Gasteiger partial charge in [0, 0.05) is 25.0 Å². The molecule has 2 rings (SSSR count). The highest BCUT2D eigenvalue weighted by atomic mass is 32.2. The number of carboxylic acids is 1. The molecule has 1 heterocycles. The summed E-state index contributed by atoms with van der Waals surface area (Å²) in [4.78, 5) is 11.6. The summed E-state index contributed by atoms with van der Waals surface area (Å²) in [5.41, 5.74) is 4.21. The van der Waals surface area contributed by atoms with Crippen LogP contribution in [0.2, 0.25) is 6.32 Å². The SMILES string of the molecule is CC1C(NS(=O)(=O)N2C[C@H](CCCB(O)O)[C@](N)(C(=O)O)C2)C1(C)C. The lowest BCUT2D eigenvalue weighted by molar-refractivity contribution is -0.144. The molecule has 0 aromatic carbocycles. The van der Waals surface area contributed by atoms with Crippen molar-refractivity contribution in [3.8, 4) is 0 Å². The third-order valence-electron chi connectivity index (χ3n) is 5.99. The van der Waals surface area contributed by atoms with Crippen LogP contribution in [-0.4, -0.2) is 65.6 Å². The van der Waals surface area contributed by atoms with Gasteiger partial charge in [0.1, 0.15) is 5.54 Å². The first-order valence-corrected chi connectivity index (χ1v) is 9.92. The van der Waals surface area contributed by atoms with Crippen molar-refractivity contribution in [3.05, 3.63) is 0 Å². The molecule has 25 heavy (non-hydrogen) atoms. The summed E-state index contributed by atoms with van der Waals surface area (Å²) < 4.78 is 29.0. The number of rotatable bonds is 8. The fourth-order valence-corrected chi connectivity index (χ4v) is 5.34. The maximum Gasteiger partial charge on any atom is 0.451 e. The summed E-state index contributed by atoms with van der Waals surface area (Å²) in [5.74, 6) is -1.64. The van der Waals surface area contributed by atoms with E-state index < -0.39 is 34.8 Å². The van der Waals surface area contributed by atoms with E-state index >= 15 is 0 Å².